The molecule has 0 aliphatic heterocycles. The van der Waals surface area contributed by atoms with Crippen molar-refractivity contribution in [1.29, 1.82) is 0 Å². The van der Waals surface area contributed by atoms with E-state index in [1.807, 2.05) is 27.2 Å². The van der Waals surface area contributed by atoms with Crippen LogP contribution in [-0.2, 0) is 18.4 Å². The Morgan fingerprint density at radius 2 is 0.932 bits per heavy atom. The summed E-state index contributed by atoms with van der Waals surface area (Å²) in [7, 11) is 1.56. The van der Waals surface area contributed by atoms with Crippen molar-refractivity contribution in [2.45, 2.75) is 251 Å². The summed E-state index contributed by atoms with van der Waals surface area (Å²) in [5.74, 6) is -0.184. The number of rotatable bonds is 46. The Morgan fingerprint density at radius 1 is 0.559 bits per heavy atom. The van der Waals surface area contributed by atoms with Crippen LogP contribution in [0.2, 0.25) is 0 Å². The number of aliphatic hydroxyl groups is 1. The van der Waals surface area contributed by atoms with Crippen LogP contribution in [0, 0.1) is 0 Å². The van der Waals surface area contributed by atoms with Gasteiger partial charge in [-0.2, -0.15) is 0 Å². The van der Waals surface area contributed by atoms with Gasteiger partial charge in [-0.25, -0.2) is 4.57 Å². The van der Waals surface area contributed by atoms with Gasteiger partial charge < -0.3 is 19.8 Å². The number of unbranched alkanes of at least 4 members (excludes halogenated alkanes) is 31. The van der Waals surface area contributed by atoms with Gasteiger partial charge in [0, 0.05) is 6.42 Å². The maximum Gasteiger partial charge on any atom is 0.472 e. The smallest absolute Gasteiger partial charge is 0.387 e. The first-order chi connectivity index (χ1) is 28.5. The van der Waals surface area contributed by atoms with E-state index in [-0.39, 0.29) is 19.1 Å². The number of nitrogens with one attached hydrogen (secondary N) is 1. The van der Waals surface area contributed by atoms with E-state index in [0.29, 0.717) is 17.4 Å². The van der Waals surface area contributed by atoms with Crippen LogP contribution < -0.4 is 5.32 Å². The second kappa shape index (κ2) is 42.3. The molecule has 0 heterocycles. The lowest BCUT2D eigenvalue weighted by molar-refractivity contribution is -0.870. The Hall–Kier alpha value is -1.02. The predicted molar refractivity (Wildman–Crippen MR) is 254 cm³/mol. The summed E-state index contributed by atoms with van der Waals surface area (Å²) in [6, 6.07) is -0.857. The van der Waals surface area contributed by atoms with Crippen molar-refractivity contribution in [3.8, 4) is 0 Å². The van der Waals surface area contributed by atoms with Crippen molar-refractivity contribution < 1.29 is 32.9 Å². The minimum absolute atomic E-state index is 0.0582. The molecular weight excluding hydrogens is 756 g/mol. The molecule has 3 unspecified atom stereocenters. The zero-order valence-corrected chi connectivity index (χ0v) is 40.7. The minimum Gasteiger partial charge on any atom is -0.387 e. The molecule has 0 bridgehead atoms. The quantitative estimate of drug-likeness (QED) is 0.0244. The zero-order valence-electron chi connectivity index (χ0n) is 39.8. The fraction of sp³-hybridized carbons (Fsp3) is 0.900. The van der Waals surface area contributed by atoms with E-state index in [4.69, 9.17) is 9.05 Å². The van der Waals surface area contributed by atoms with E-state index in [0.717, 1.165) is 38.5 Å². The molecule has 0 aliphatic rings. The highest BCUT2D eigenvalue weighted by Gasteiger charge is 2.27. The molecule has 0 radical (unpaired) electrons. The summed E-state index contributed by atoms with van der Waals surface area (Å²) in [5.41, 5.74) is 0. The normalized spacial score (nSPS) is 14.4. The first-order valence-electron chi connectivity index (χ1n) is 25.2. The number of hydrogen-bond acceptors (Lipinski definition) is 5. The van der Waals surface area contributed by atoms with Crippen molar-refractivity contribution in [1.82, 2.24) is 5.32 Å². The molecule has 9 heteroatoms. The molecule has 1 amide bonds. The monoisotopic (exact) mass is 856 g/mol. The number of hydrogen-bond donors (Lipinski definition) is 3. The molecule has 0 saturated carbocycles. The fourth-order valence-corrected chi connectivity index (χ4v) is 8.15. The largest absolute Gasteiger partial charge is 0.472 e. The molecule has 0 aromatic heterocycles. The van der Waals surface area contributed by atoms with Gasteiger partial charge in [0.2, 0.25) is 5.91 Å². The van der Waals surface area contributed by atoms with Crippen molar-refractivity contribution in [2.24, 2.45) is 0 Å². The Balaban J connectivity index is 4.12. The molecule has 0 aromatic carbocycles. The number of phosphoric ester groups is 1. The summed E-state index contributed by atoms with van der Waals surface area (Å²) in [6.45, 7) is 4.79. The SMILES string of the molecule is CCCCCCC/C=C/CC/C=C/C(O)C(COP(=O)(O)OCC[N+](C)(C)C)NC(=O)CCCCCCCCCCCCCCCCCCCCCCCCCCCC. The summed E-state index contributed by atoms with van der Waals surface area (Å²) < 4.78 is 23.5. The third-order valence-corrected chi connectivity index (χ3v) is 12.4. The van der Waals surface area contributed by atoms with E-state index in [2.05, 4.69) is 31.3 Å². The number of carbonyl (C=O) groups excluding carboxylic acids is 1. The number of phosphoric acid groups is 1. The van der Waals surface area contributed by atoms with Crippen LogP contribution in [0.1, 0.15) is 239 Å². The van der Waals surface area contributed by atoms with Crippen molar-refractivity contribution >= 4 is 13.7 Å². The highest BCUT2D eigenvalue weighted by molar-refractivity contribution is 7.47. The van der Waals surface area contributed by atoms with E-state index in [1.54, 1.807) is 6.08 Å². The fourth-order valence-electron chi connectivity index (χ4n) is 7.41. The van der Waals surface area contributed by atoms with Gasteiger partial charge in [-0.15, -0.1) is 0 Å². The second-order valence-corrected chi connectivity index (χ2v) is 20.0. The molecule has 0 aromatic rings. The van der Waals surface area contributed by atoms with Gasteiger partial charge in [-0.1, -0.05) is 224 Å². The molecule has 0 fully saturated rings. The van der Waals surface area contributed by atoms with Gasteiger partial charge in [-0.3, -0.25) is 13.8 Å². The van der Waals surface area contributed by atoms with E-state index in [9.17, 15) is 19.4 Å². The molecular formula is C50H100N2O6P+. The number of amides is 1. The second-order valence-electron chi connectivity index (χ2n) is 18.5. The Labute approximate surface area is 366 Å². The summed E-state index contributed by atoms with van der Waals surface area (Å²) in [4.78, 5) is 23.1. The lowest BCUT2D eigenvalue weighted by Gasteiger charge is -2.25. The van der Waals surface area contributed by atoms with Crippen molar-refractivity contribution in [3.63, 3.8) is 0 Å². The van der Waals surface area contributed by atoms with Crippen LogP contribution in [-0.4, -0.2) is 73.4 Å². The molecule has 0 aliphatic carbocycles. The number of likely N-dealkylation sites (N-methyl/N-ethyl adjacent to an activating group) is 1. The molecule has 0 spiro atoms. The zero-order chi connectivity index (χ0) is 43.6. The highest BCUT2D eigenvalue weighted by Crippen LogP contribution is 2.43. The molecule has 3 N–H and O–H groups in total. The topological polar surface area (TPSA) is 105 Å². The maximum absolute atomic E-state index is 12.9. The first kappa shape index (κ1) is 58.0. The standard InChI is InChI=1S/C50H99N2O6P/c1-6-8-10-12-14-16-18-19-20-21-22-23-24-25-26-27-28-29-30-31-32-34-36-38-40-42-44-50(54)51-48(47-58-59(55,56)57-46-45-52(3,4)5)49(53)43-41-39-37-35-33-17-15-13-11-9-7-2/h33,35,41,43,48-49,53H,6-32,34,36-40,42,44-47H2,1-5H3,(H-,51,54,55,56)/p+1/b35-33+,43-41+. The van der Waals surface area contributed by atoms with Crippen LogP contribution in [0.15, 0.2) is 24.3 Å². The Morgan fingerprint density at radius 3 is 1.36 bits per heavy atom. The minimum atomic E-state index is -4.34. The van der Waals surface area contributed by atoms with Gasteiger partial charge in [0.15, 0.2) is 0 Å². The molecule has 59 heavy (non-hydrogen) atoms. The number of allylic oxidation sites excluding steroid dienone is 3. The van der Waals surface area contributed by atoms with E-state index in [1.165, 1.54) is 180 Å². The van der Waals surface area contributed by atoms with Crippen LogP contribution in [0.25, 0.3) is 0 Å². The highest BCUT2D eigenvalue weighted by atomic mass is 31.2. The first-order valence-corrected chi connectivity index (χ1v) is 26.7. The molecule has 0 rings (SSSR count). The van der Waals surface area contributed by atoms with Gasteiger partial charge in [0.1, 0.15) is 13.2 Å². The molecule has 3 atom stereocenters. The lowest BCUT2D eigenvalue weighted by atomic mass is 10.0. The van der Waals surface area contributed by atoms with Crippen LogP contribution >= 0.6 is 7.82 Å². The number of quaternary nitrogens is 1. The molecule has 0 saturated heterocycles. The van der Waals surface area contributed by atoms with Crippen molar-refractivity contribution in [3.05, 3.63) is 24.3 Å². The maximum atomic E-state index is 12.9. The van der Waals surface area contributed by atoms with Crippen LogP contribution in [0.5, 0.6) is 0 Å². The van der Waals surface area contributed by atoms with Gasteiger partial charge >= 0.3 is 7.82 Å². The van der Waals surface area contributed by atoms with Crippen LogP contribution in [0.4, 0.5) is 0 Å². The molecule has 350 valence electrons. The number of nitrogens with zero attached hydrogens (tertiary/aromatic N) is 1. The average Bonchev–Trinajstić information content (AvgIpc) is 3.19. The summed E-state index contributed by atoms with van der Waals surface area (Å²) >= 11 is 0. The van der Waals surface area contributed by atoms with Crippen LogP contribution in [0.3, 0.4) is 0 Å². The lowest BCUT2D eigenvalue weighted by Crippen LogP contribution is -2.45. The third kappa shape index (κ3) is 44.8. The number of aliphatic hydroxyl groups excluding tert-OH is 1. The van der Waals surface area contributed by atoms with Gasteiger partial charge in [0.25, 0.3) is 0 Å². The number of carbonyl (C=O) groups is 1. The summed E-state index contributed by atoms with van der Waals surface area (Å²) in [5, 5.41) is 13.8. The van der Waals surface area contributed by atoms with E-state index >= 15 is 0 Å². The summed E-state index contributed by atoms with van der Waals surface area (Å²) in [6.07, 6.45) is 51.4. The Kier molecular flexibility index (Phi) is 41.6. The van der Waals surface area contributed by atoms with Gasteiger partial charge in [0.05, 0.1) is 39.9 Å². The third-order valence-electron chi connectivity index (χ3n) is 11.4. The van der Waals surface area contributed by atoms with E-state index < -0.39 is 20.0 Å². The van der Waals surface area contributed by atoms with Gasteiger partial charge in [-0.05, 0) is 32.1 Å². The molecule has 8 nitrogen and oxygen atoms in total. The predicted octanol–water partition coefficient (Wildman–Crippen LogP) is 14.5. The van der Waals surface area contributed by atoms with Crippen molar-refractivity contribution in [2.75, 3.05) is 40.9 Å². The average molecular weight is 856 g/mol. The Bertz CT molecular complexity index is 1020.